The number of nitrogens with zero attached hydrogens (tertiary/aromatic N) is 2. The summed E-state index contributed by atoms with van der Waals surface area (Å²) >= 11 is 0. The lowest BCUT2D eigenvalue weighted by molar-refractivity contribution is -0.121. The van der Waals surface area contributed by atoms with Gasteiger partial charge in [-0.3, -0.25) is 9.79 Å². The molecule has 5 heteroatoms. The molecule has 0 atom stereocenters. The van der Waals surface area contributed by atoms with Crippen LogP contribution in [-0.2, 0) is 4.79 Å². The lowest BCUT2D eigenvalue weighted by atomic mass is 10.1. The molecule has 86 valence electrons. The van der Waals surface area contributed by atoms with Gasteiger partial charge in [0.15, 0.2) is 5.96 Å². The second-order valence-electron chi connectivity index (χ2n) is 4.78. The fourth-order valence-corrected chi connectivity index (χ4v) is 1.35. The van der Waals surface area contributed by atoms with Crippen LogP contribution in [0.2, 0.25) is 0 Å². The van der Waals surface area contributed by atoms with Crippen molar-refractivity contribution < 1.29 is 4.79 Å². The van der Waals surface area contributed by atoms with Crippen LogP contribution in [-0.4, -0.2) is 49.0 Å². The summed E-state index contributed by atoms with van der Waals surface area (Å²) in [6.45, 7) is 7.89. The molecule has 1 amide bonds. The van der Waals surface area contributed by atoms with Gasteiger partial charge in [0.05, 0.1) is 13.1 Å². The summed E-state index contributed by atoms with van der Waals surface area (Å²) in [7, 11) is 1.96. The lowest BCUT2D eigenvalue weighted by Gasteiger charge is -2.21. The molecule has 1 aliphatic rings. The number of aliphatic imine (C=N–C) groups is 1. The molecule has 1 heterocycles. The molecule has 0 aromatic rings. The Bertz CT molecular complexity index is 267. The number of likely N-dealkylation sites (N-methyl/N-ethyl adjacent to an activating group) is 1. The summed E-state index contributed by atoms with van der Waals surface area (Å²) in [5.74, 6) is 0.796. The van der Waals surface area contributed by atoms with E-state index in [1.54, 1.807) is 0 Å². The first-order valence-electron chi connectivity index (χ1n) is 5.19. The fourth-order valence-electron chi connectivity index (χ4n) is 1.35. The third-order valence-corrected chi connectivity index (χ3v) is 1.98. The first kappa shape index (κ1) is 11.8. The van der Waals surface area contributed by atoms with E-state index in [-0.39, 0.29) is 18.0 Å². The van der Waals surface area contributed by atoms with E-state index in [1.807, 2.05) is 32.7 Å². The Labute approximate surface area is 90.9 Å². The van der Waals surface area contributed by atoms with Crippen molar-refractivity contribution in [2.75, 3.05) is 26.7 Å². The van der Waals surface area contributed by atoms with Gasteiger partial charge in [0.1, 0.15) is 0 Å². The zero-order valence-corrected chi connectivity index (χ0v) is 9.92. The highest BCUT2D eigenvalue weighted by Gasteiger charge is 2.16. The monoisotopic (exact) mass is 212 g/mol. The molecule has 15 heavy (non-hydrogen) atoms. The van der Waals surface area contributed by atoms with Crippen molar-refractivity contribution in [2.24, 2.45) is 4.99 Å². The molecule has 0 fully saturated rings. The highest BCUT2D eigenvalue weighted by atomic mass is 16.2. The summed E-state index contributed by atoms with van der Waals surface area (Å²) in [5.41, 5.74) is -0.178. The second kappa shape index (κ2) is 4.51. The van der Waals surface area contributed by atoms with Gasteiger partial charge in [0.2, 0.25) is 5.91 Å². The Morgan fingerprint density at radius 3 is 2.67 bits per heavy atom. The maximum atomic E-state index is 11.5. The number of hydrogen-bond acceptors (Lipinski definition) is 4. The van der Waals surface area contributed by atoms with E-state index in [4.69, 9.17) is 0 Å². The topological polar surface area (TPSA) is 56.7 Å². The van der Waals surface area contributed by atoms with Gasteiger partial charge in [0, 0.05) is 19.1 Å². The number of guanidine groups is 1. The maximum Gasteiger partial charge on any atom is 0.239 e. The molecular weight excluding hydrogens is 192 g/mol. The summed E-state index contributed by atoms with van der Waals surface area (Å²) in [6.07, 6.45) is 0. The van der Waals surface area contributed by atoms with E-state index < -0.39 is 0 Å². The molecule has 2 N–H and O–H groups in total. The van der Waals surface area contributed by atoms with Gasteiger partial charge >= 0.3 is 0 Å². The van der Waals surface area contributed by atoms with Crippen LogP contribution in [0, 0.1) is 0 Å². The Balaban J connectivity index is 2.28. The number of carbonyl (C=O) groups excluding carboxylic acids is 1. The predicted molar refractivity (Wildman–Crippen MR) is 60.8 cm³/mol. The standard InChI is InChI=1S/C10H20N4O/c1-10(2,3)13-8(15)7-12-9-11-5-6-14(9)4/h5-7H2,1-4H3,(H,11,12)(H,13,15). The van der Waals surface area contributed by atoms with Crippen LogP contribution < -0.4 is 10.6 Å². The Hall–Kier alpha value is -1.26. The maximum absolute atomic E-state index is 11.5. The summed E-state index contributed by atoms with van der Waals surface area (Å²) < 4.78 is 0. The van der Waals surface area contributed by atoms with E-state index >= 15 is 0 Å². The molecule has 0 unspecified atom stereocenters. The van der Waals surface area contributed by atoms with Crippen molar-refractivity contribution in [3.63, 3.8) is 0 Å². The first-order valence-corrected chi connectivity index (χ1v) is 5.19. The zero-order valence-electron chi connectivity index (χ0n) is 9.92. The molecule has 0 radical (unpaired) electrons. The van der Waals surface area contributed by atoms with Crippen molar-refractivity contribution >= 4 is 11.9 Å². The van der Waals surface area contributed by atoms with Crippen LogP contribution in [0.1, 0.15) is 20.8 Å². The first-order chi connectivity index (χ1) is 6.88. The van der Waals surface area contributed by atoms with Crippen molar-refractivity contribution in [3.8, 4) is 0 Å². The minimum atomic E-state index is -0.178. The molecule has 0 aromatic heterocycles. The largest absolute Gasteiger partial charge is 0.350 e. The SMILES string of the molecule is CN1CCN=C1NCC(=O)NC(C)(C)C. The van der Waals surface area contributed by atoms with Crippen LogP contribution in [0.25, 0.3) is 0 Å². The smallest absolute Gasteiger partial charge is 0.239 e. The molecule has 1 rings (SSSR count). The van der Waals surface area contributed by atoms with Crippen LogP contribution >= 0.6 is 0 Å². The normalized spacial score (nSPS) is 16.3. The molecule has 0 aliphatic carbocycles. The summed E-state index contributed by atoms with van der Waals surface area (Å²) in [6, 6.07) is 0. The highest BCUT2D eigenvalue weighted by molar-refractivity contribution is 5.87. The van der Waals surface area contributed by atoms with E-state index in [1.165, 1.54) is 0 Å². The van der Waals surface area contributed by atoms with Crippen molar-refractivity contribution in [1.29, 1.82) is 0 Å². The average Bonchev–Trinajstić information content (AvgIpc) is 2.44. The van der Waals surface area contributed by atoms with Crippen molar-refractivity contribution in [3.05, 3.63) is 0 Å². The number of amides is 1. The second-order valence-corrected chi connectivity index (χ2v) is 4.78. The average molecular weight is 212 g/mol. The fraction of sp³-hybridized carbons (Fsp3) is 0.800. The minimum Gasteiger partial charge on any atom is -0.350 e. The molecule has 0 saturated heterocycles. The van der Waals surface area contributed by atoms with Crippen molar-refractivity contribution in [1.82, 2.24) is 15.5 Å². The molecular formula is C10H20N4O. The van der Waals surface area contributed by atoms with E-state index in [2.05, 4.69) is 15.6 Å². The Kier molecular flexibility index (Phi) is 3.55. The van der Waals surface area contributed by atoms with Gasteiger partial charge in [-0.2, -0.15) is 0 Å². The van der Waals surface area contributed by atoms with E-state index in [0.717, 1.165) is 19.0 Å². The minimum absolute atomic E-state index is 0.00880. The zero-order chi connectivity index (χ0) is 11.5. The van der Waals surface area contributed by atoms with Crippen LogP contribution in [0.4, 0.5) is 0 Å². The third-order valence-electron chi connectivity index (χ3n) is 1.98. The van der Waals surface area contributed by atoms with Crippen LogP contribution in [0.15, 0.2) is 4.99 Å². The van der Waals surface area contributed by atoms with Gasteiger partial charge in [-0.25, -0.2) is 0 Å². The Morgan fingerprint density at radius 1 is 1.53 bits per heavy atom. The summed E-state index contributed by atoms with van der Waals surface area (Å²) in [5, 5.41) is 5.90. The third kappa shape index (κ3) is 4.18. The highest BCUT2D eigenvalue weighted by Crippen LogP contribution is 1.98. The molecule has 5 nitrogen and oxygen atoms in total. The number of hydrogen-bond donors (Lipinski definition) is 2. The molecule has 0 aromatic carbocycles. The van der Waals surface area contributed by atoms with Crippen LogP contribution in [0.3, 0.4) is 0 Å². The number of carbonyl (C=O) groups is 1. The number of rotatable bonds is 2. The Morgan fingerprint density at radius 2 is 2.20 bits per heavy atom. The molecule has 1 aliphatic heterocycles. The van der Waals surface area contributed by atoms with Crippen LogP contribution in [0.5, 0.6) is 0 Å². The predicted octanol–water partition coefficient (Wildman–Crippen LogP) is -0.208. The molecule has 0 spiro atoms. The quantitative estimate of drug-likeness (QED) is 0.666. The molecule has 0 bridgehead atoms. The number of nitrogens with one attached hydrogen (secondary N) is 2. The van der Waals surface area contributed by atoms with Gasteiger partial charge < -0.3 is 15.5 Å². The lowest BCUT2D eigenvalue weighted by Crippen LogP contribution is -2.47. The van der Waals surface area contributed by atoms with Crippen molar-refractivity contribution in [2.45, 2.75) is 26.3 Å². The van der Waals surface area contributed by atoms with E-state index in [0.29, 0.717) is 0 Å². The molecule has 0 saturated carbocycles. The van der Waals surface area contributed by atoms with Gasteiger partial charge in [-0.1, -0.05) is 0 Å². The van der Waals surface area contributed by atoms with E-state index in [9.17, 15) is 4.79 Å². The van der Waals surface area contributed by atoms with Gasteiger partial charge in [-0.05, 0) is 20.8 Å². The van der Waals surface area contributed by atoms with Gasteiger partial charge in [-0.15, -0.1) is 0 Å². The van der Waals surface area contributed by atoms with Gasteiger partial charge in [0.25, 0.3) is 0 Å². The summed E-state index contributed by atoms with van der Waals surface area (Å²) in [4.78, 5) is 17.7.